The fraction of sp³-hybridized carbons (Fsp3) is 0.360. The third kappa shape index (κ3) is 6.52. The van der Waals surface area contributed by atoms with Gasteiger partial charge < -0.3 is 10.2 Å². The molecule has 7 nitrogen and oxygen atoms in total. The van der Waals surface area contributed by atoms with E-state index in [1.807, 2.05) is 12.1 Å². The molecule has 1 aliphatic rings. The van der Waals surface area contributed by atoms with Gasteiger partial charge in [0.2, 0.25) is 15.9 Å². The average molecular weight is 470 g/mol. The molecule has 8 heteroatoms. The predicted octanol–water partition coefficient (Wildman–Crippen LogP) is 3.28. The standard InChI is InChI=1S/C25H31N3O4S/c1-26-25(30)22-12-7-21(8-13-22)19-27(2)24(29)16-11-20-9-14-23(15-10-20)33(31,32)28-17-5-3-4-6-18-28/h7-16H,3-6,17-19H2,1-2H3,(H,26,30). The molecule has 2 amide bonds. The van der Waals surface area contributed by atoms with E-state index < -0.39 is 10.0 Å². The molecular formula is C25H31N3O4S. The van der Waals surface area contributed by atoms with E-state index in [1.54, 1.807) is 65.8 Å². The Bertz CT molecular complexity index is 1090. The lowest BCUT2D eigenvalue weighted by atomic mass is 10.1. The van der Waals surface area contributed by atoms with Crippen molar-refractivity contribution in [2.24, 2.45) is 0 Å². The summed E-state index contributed by atoms with van der Waals surface area (Å²) in [7, 11) is -0.197. The van der Waals surface area contributed by atoms with Crippen LogP contribution in [0.15, 0.2) is 59.5 Å². The maximum atomic E-state index is 12.9. The molecule has 1 saturated heterocycles. The third-order valence-electron chi connectivity index (χ3n) is 5.74. The molecule has 33 heavy (non-hydrogen) atoms. The quantitative estimate of drug-likeness (QED) is 0.631. The molecule has 3 rings (SSSR count). The largest absolute Gasteiger partial charge is 0.355 e. The first kappa shape index (κ1) is 24.7. The zero-order chi connectivity index (χ0) is 23.8. The summed E-state index contributed by atoms with van der Waals surface area (Å²) in [6.45, 7) is 1.54. The molecule has 1 fully saturated rings. The SMILES string of the molecule is CNC(=O)c1ccc(CN(C)C(=O)C=Cc2ccc(S(=O)(=O)N3CCCCCC3)cc2)cc1. The summed E-state index contributed by atoms with van der Waals surface area (Å²) in [6.07, 6.45) is 7.08. The Morgan fingerprint density at radius 3 is 2.15 bits per heavy atom. The van der Waals surface area contributed by atoms with Gasteiger partial charge in [0.1, 0.15) is 0 Å². The molecule has 2 aromatic rings. The predicted molar refractivity (Wildman–Crippen MR) is 129 cm³/mol. The van der Waals surface area contributed by atoms with E-state index in [2.05, 4.69) is 5.32 Å². The first-order valence-electron chi connectivity index (χ1n) is 11.2. The van der Waals surface area contributed by atoms with Gasteiger partial charge in [0, 0.05) is 45.4 Å². The number of hydrogen-bond donors (Lipinski definition) is 1. The normalized spacial score (nSPS) is 15.2. The molecule has 0 aliphatic carbocycles. The zero-order valence-electron chi connectivity index (χ0n) is 19.2. The number of rotatable bonds is 7. The second kappa shape index (κ2) is 11.2. The summed E-state index contributed by atoms with van der Waals surface area (Å²) in [4.78, 5) is 26.0. The molecule has 0 spiro atoms. The number of nitrogens with one attached hydrogen (secondary N) is 1. The molecule has 1 N–H and O–H groups in total. The van der Waals surface area contributed by atoms with Gasteiger partial charge in [-0.3, -0.25) is 9.59 Å². The minimum absolute atomic E-state index is 0.154. The maximum absolute atomic E-state index is 12.9. The van der Waals surface area contributed by atoms with Crippen molar-refractivity contribution in [3.63, 3.8) is 0 Å². The van der Waals surface area contributed by atoms with Crippen molar-refractivity contribution in [2.45, 2.75) is 37.1 Å². The van der Waals surface area contributed by atoms with E-state index in [1.165, 1.54) is 6.08 Å². The lowest BCUT2D eigenvalue weighted by molar-refractivity contribution is -0.125. The van der Waals surface area contributed by atoms with Crippen LogP contribution in [0.2, 0.25) is 0 Å². The summed E-state index contributed by atoms with van der Waals surface area (Å²) in [6, 6.07) is 13.7. The van der Waals surface area contributed by atoms with Crippen LogP contribution in [0, 0.1) is 0 Å². The van der Waals surface area contributed by atoms with Crippen LogP contribution in [0.3, 0.4) is 0 Å². The van der Waals surface area contributed by atoms with Crippen LogP contribution >= 0.6 is 0 Å². The van der Waals surface area contributed by atoms with Gasteiger partial charge in [-0.1, -0.05) is 37.1 Å². The summed E-state index contributed by atoms with van der Waals surface area (Å²) >= 11 is 0. The van der Waals surface area contributed by atoms with Crippen LogP contribution < -0.4 is 5.32 Å². The monoisotopic (exact) mass is 469 g/mol. The Balaban J connectivity index is 1.59. The molecule has 176 valence electrons. The van der Waals surface area contributed by atoms with Gasteiger partial charge in [-0.25, -0.2) is 8.42 Å². The minimum Gasteiger partial charge on any atom is -0.355 e. The summed E-state index contributed by atoms with van der Waals surface area (Å²) < 4.78 is 27.3. The number of hydrogen-bond acceptors (Lipinski definition) is 4. The van der Waals surface area contributed by atoms with Crippen molar-refractivity contribution in [1.29, 1.82) is 0 Å². The highest BCUT2D eigenvalue weighted by Crippen LogP contribution is 2.21. The van der Waals surface area contributed by atoms with Crippen molar-refractivity contribution < 1.29 is 18.0 Å². The highest BCUT2D eigenvalue weighted by Gasteiger charge is 2.24. The highest BCUT2D eigenvalue weighted by molar-refractivity contribution is 7.89. The van der Waals surface area contributed by atoms with Crippen LogP contribution in [-0.4, -0.2) is 56.6 Å². The van der Waals surface area contributed by atoms with E-state index in [0.717, 1.165) is 36.8 Å². The molecular weight excluding hydrogens is 438 g/mol. The van der Waals surface area contributed by atoms with Gasteiger partial charge in [0.05, 0.1) is 4.90 Å². The lowest BCUT2D eigenvalue weighted by Gasteiger charge is -2.19. The number of carbonyl (C=O) groups excluding carboxylic acids is 2. The molecule has 0 aromatic heterocycles. The Morgan fingerprint density at radius 1 is 0.970 bits per heavy atom. The third-order valence-corrected chi connectivity index (χ3v) is 7.65. The van der Waals surface area contributed by atoms with Crippen molar-refractivity contribution in [1.82, 2.24) is 14.5 Å². The van der Waals surface area contributed by atoms with Crippen molar-refractivity contribution >= 4 is 27.9 Å². The minimum atomic E-state index is -3.48. The van der Waals surface area contributed by atoms with Gasteiger partial charge in [-0.2, -0.15) is 4.31 Å². The van der Waals surface area contributed by atoms with E-state index in [0.29, 0.717) is 25.2 Å². The van der Waals surface area contributed by atoms with Gasteiger partial charge in [0.15, 0.2) is 0 Å². The van der Waals surface area contributed by atoms with Crippen molar-refractivity contribution in [3.05, 3.63) is 71.3 Å². The first-order chi connectivity index (χ1) is 15.8. The van der Waals surface area contributed by atoms with E-state index in [9.17, 15) is 18.0 Å². The van der Waals surface area contributed by atoms with E-state index in [4.69, 9.17) is 0 Å². The van der Waals surface area contributed by atoms with Gasteiger partial charge in [-0.15, -0.1) is 0 Å². The summed E-state index contributed by atoms with van der Waals surface area (Å²) in [5, 5.41) is 2.57. The van der Waals surface area contributed by atoms with Crippen LogP contribution in [-0.2, 0) is 21.4 Å². The number of likely N-dealkylation sites (N-methyl/N-ethyl adjacent to an activating group) is 1. The van der Waals surface area contributed by atoms with E-state index in [-0.39, 0.29) is 16.7 Å². The maximum Gasteiger partial charge on any atom is 0.251 e. The van der Waals surface area contributed by atoms with Gasteiger partial charge >= 0.3 is 0 Å². The van der Waals surface area contributed by atoms with Gasteiger partial charge in [-0.05, 0) is 54.3 Å². The second-order valence-electron chi connectivity index (χ2n) is 8.19. The zero-order valence-corrected chi connectivity index (χ0v) is 20.0. The Morgan fingerprint density at radius 2 is 1.58 bits per heavy atom. The molecule has 1 heterocycles. The molecule has 2 aromatic carbocycles. The van der Waals surface area contributed by atoms with Crippen LogP contribution in [0.4, 0.5) is 0 Å². The lowest BCUT2D eigenvalue weighted by Crippen LogP contribution is -2.31. The fourth-order valence-corrected chi connectivity index (χ4v) is 5.25. The highest BCUT2D eigenvalue weighted by atomic mass is 32.2. The average Bonchev–Trinajstić information content (AvgIpc) is 3.13. The Kier molecular flexibility index (Phi) is 8.41. The van der Waals surface area contributed by atoms with Gasteiger partial charge in [0.25, 0.3) is 5.91 Å². The van der Waals surface area contributed by atoms with Crippen molar-refractivity contribution in [3.8, 4) is 0 Å². The van der Waals surface area contributed by atoms with Crippen LogP contribution in [0.5, 0.6) is 0 Å². The Hall–Kier alpha value is -2.97. The first-order valence-corrected chi connectivity index (χ1v) is 12.6. The molecule has 0 radical (unpaired) electrons. The second-order valence-corrected chi connectivity index (χ2v) is 10.1. The molecule has 0 unspecified atom stereocenters. The number of nitrogens with zero attached hydrogens (tertiary/aromatic N) is 2. The smallest absolute Gasteiger partial charge is 0.251 e. The number of benzene rings is 2. The topological polar surface area (TPSA) is 86.8 Å². The Labute approximate surface area is 196 Å². The summed E-state index contributed by atoms with van der Waals surface area (Å²) in [5.41, 5.74) is 2.23. The molecule has 0 atom stereocenters. The summed E-state index contributed by atoms with van der Waals surface area (Å²) in [5.74, 6) is -0.328. The molecule has 0 bridgehead atoms. The molecule has 0 saturated carbocycles. The number of amides is 2. The number of sulfonamides is 1. The van der Waals surface area contributed by atoms with Crippen molar-refractivity contribution in [2.75, 3.05) is 27.2 Å². The molecule has 1 aliphatic heterocycles. The van der Waals surface area contributed by atoms with Crippen LogP contribution in [0.1, 0.15) is 47.2 Å². The van der Waals surface area contributed by atoms with E-state index >= 15 is 0 Å². The fourth-order valence-electron chi connectivity index (χ4n) is 3.73. The number of carbonyl (C=O) groups is 2. The van der Waals surface area contributed by atoms with Crippen LogP contribution in [0.25, 0.3) is 6.08 Å².